The van der Waals surface area contributed by atoms with Crippen molar-refractivity contribution in [3.8, 4) is 0 Å². The van der Waals surface area contributed by atoms with Crippen LogP contribution in [0.1, 0.15) is 89.9 Å². The van der Waals surface area contributed by atoms with Gasteiger partial charge >= 0.3 is 5.97 Å². The second-order valence-corrected chi connectivity index (χ2v) is 13.2. The van der Waals surface area contributed by atoms with Crippen LogP contribution in [0.15, 0.2) is 77.9 Å². The molecule has 0 spiro atoms. The lowest BCUT2D eigenvalue weighted by molar-refractivity contribution is 0.00692. The second kappa shape index (κ2) is 10.1. The molecule has 0 heterocycles. The summed E-state index contributed by atoms with van der Waals surface area (Å²) in [6, 6.07) is 9.41. The summed E-state index contributed by atoms with van der Waals surface area (Å²) in [6.07, 6.45) is 17.8. The highest BCUT2D eigenvalue weighted by atomic mass is 16.5. The van der Waals surface area contributed by atoms with Gasteiger partial charge in [-0.25, -0.2) is 4.79 Å². The predicted octanol–water partition coefficient (Wildman–Crippen LogP) is 9.12. The number of hydrogen-bond acceptors (Lipinski definition) is 2. The van der Waals surface area contributed by atoms with Gasteiger partial charge in [0.15, 0.2) is 0 Å². The smallest absolute Gasteiger partial charge is 0.338 e. The summed E-state index contributed by atoms with van der Waals surface area (Å²) in [5, 5.41) is 0. The highest BCUT2D eigenvalue weighted by Gasteiger charge is 2.57. The molecule has 4 aliphatic rings. The van der Waals surface area contributed by atoms with Crippen LogP contribution in [-0.2, 0) is 4.74 Å². The highest BCUT2D eigenvalue weighted by Crippen LogP contribution is 2.66. The first-order valence-corrected chi connectivity index (χ1v) is 14.7. The Balaban J connectivity index is 1.31. The van der Waals surface area contributed by atoms with Crippen LogP contribution < -0.4 is 0 Å². The Labute approximate surface area is 225 Å². The van der Waals surface area contributed by atoms with Crippen molar-refractivity contribution in [1.82, 2.24) is 0 Å². The molecule has 7 atom stereocenters. The lowest BCUT2D eigenvalue weighted by Gasteiger charge is -2.55. The van der Waals surface area contributed by atoms with E-state index in [4.69, 9.17) is 4.74 Å². The van der Waals surface area contributed by atoms with Crippen molar-refractivity contribution in [2.75, 3.05) is 0 Å². The van der Waals surface area contributed by atoms with E-state index in [1.807, 2.05) is 30.3 Å². The summed E-state index contributed by atoms with van der Waals surface area (Å²) in [5.41, 5.74) is 5.70. The topological polar surface area (TPSA) is 26.3 Å². The molecule has 3 fully saturated rings. The van der Waals surface area contributed by atoms with Gasteiger partial charge in [0, 0.05) is 6.42 Å². The standard InChI is InChI=1S/C35H46O2/c1-23(2)24(3)12-13-25(4)30-16-17-31-29-15-14-27-22-28(37-33(36)26-10-8-7-9-11-26)18-20-34(27,5)32(29)19-21-35(30,31)6/h7-15,23,25,28,30-32H,3,16-22H2,1-2,4-6H3. The maximum absolute atomic E-state index is 12.7. The average molecular weight is 499 g/mol. The van der Waals surface area contributed by atoms with Gasteiger partial charge in [0.2, 0.25) is 0 Å². The molecule has 1 aromatic rings. The summed E-state index contributed by atoms with van der Waals surface area (Å²) < 4.78 is 5.97. The van der Waals surface area contributed by atoms with Gasteiger partial charge in [-0.05, 0) is 91.1 Å². The monoisotopic (exact) mass is 498 g/mol. The molecule has 4 aliphatic carbocycles. The summed E-state index contributed by atoms with van der Waals surface area (Å²) in [6.45, 7) is 16.2. The third-order valence-electron chi connectivity index (χ3n) is 10.9. The first-order chi connectivity index (χ1) is 17.6. The van der Waals surface area contributed by atoms with Crippen LogP contribution in [0.3, 0.4) is 0 Å². The quantitative estimate of drug-likeness (QED) is 0.289. The molecule has 0 aliphatic heterocycles. The van der Waals surface area contributed by atoms with Gasteiger partial charge in [0.05, 0.1) is 5.56 Å². The van der Waals surface area contributed by atoms with E-state index in [0.717, 1.165) is 25.2 Å². The van der Waals surface area contributed by atoms with E-state index >= 15 is 0 Å². The van der Waals surface area contributed by atoms with Gasteiger partial charge in [-0.2, -0.15) is 0 Å². The first kappa shape index (κ1) is 26.3. The number of carbonyl (C=O) groups is 1. The Kier molecular flexibility index (Phi) is 7.16. The minimum atomic E-state index is -0.188. The Morgan fingerprint density at radius 2 is 1.76 bits per heavy atom. The molecule has 7 unspecified atom stereocenters. The maximum atomic E-state index is 12.7. The molecular weight excluding hydrogens is 452 g/mol. The number of benzene rings is 1. The van der Waals surface area contributed by atoms with Gasteiger partial charge in [0.1, 0.15) is 6.10 Å². The lowest BCUT2D eigenvalue weighted by atomic mass is 9.50. The minimum Gasteiger partial charge on any atom is -0.458 e. The summed E-state index contributed by atoms with van der Waals surface area (Å²) in [5.74, 6) is 2.99. The van der Waals surface area contributed by atoms with E-state index in [2.05, 4.69) is 65.5 Å². The van der Waals surface area contributed by atoms with Crippen molar-refractivity contribution in [2.45, 2.75) is 85.7 Å². The van der Waals surface area contributed by atoms with E-state index < -0.39 is 0 Å². The molecule has 37 heavy (non-hydrogen) atoms. The van der Waals surface area contributed by atoms with E-state index in [1.165, 1.54) is 36.8 Å². The molecule has 2 nitrogen and oxygen atoms in total. The van der Waals surface area contributed by atoms with Crippen LogP contribution >= 0.6 is 0 Å². The Morgan fingerprint density at radius 3 is 2.49 bits per heavy atom. The zero-order valence-electron chi connectivity index (χ0n) is 23.6. The maximum Gasteiger partial charge on any atom is 0.338 e. The zero-order chi connectivity index (χ0) is 26.4. The molecule has 0 amide bonds. The second-order valence-electron chi connectivity index (χ2n) is 13.2. The molecular formula is C35H46O2. The highest BCUT2D eigenvalue weighted by molar-refractivity contribution is 5.89. The number of hydrogen-bond donors (Lipinski definition) is 0. The van der Waals surface area contributed by atoms with Gasteiger partial charge in [-0.15, -0.1) is 0 Å². The first-order valence-electron chi connectivity index (χ1n) is 14.7. The van der Waals surface area contributed by atoms with E-state index in [1.54, 1.807) is 5.57 Å². The van der Waals surface area contributed by atoms with Crippen LogP contribution in [-0.4, -0.2) is 12.1 Å². The lowest BCUT2D eigenvalue weighted by Crippen LogP contribution is -2.46. The molecule has 3 saturated carbocycles. The Hall–Kier alpha value is -2.35. The number of allylic oxidation sites excluding steroid dienone is 6. The summed E-state index contributed by atoms with van der Waals surface area (Å²) >= 11 is 0. The van der Waals surface area contributed by atoms with Crippen LogP contribution in [0, 0.1) is 40.4 Å². The number of esters is 1. The van der Waals surface area contributed by atoms with Crippen molar-refractivity contribution in [3.63, 3.8) is 0 Å². The zero-order valence-corrected chi connectivity index (χ0v) is 23.6. The number of ether oxygens (including phenoxy) is 1. The van der Waals surface area contributed by atoms with Gasteiger partial charge < -0.3 is 4.74 Å². The fraction of sp³-hybridized carbons (Fsp3) is 0.571. The SMILES string of the molecule is C=C(C=CC(C)C1CCC2C3=CC=C4CC(OC(=O)c5ccccc5)CCC4(C)C3CCC21C)C(C)C. The number of rotatable bonds is 6. The summed E-state index contributed by atoms with van der Waals surface area (Å²) in [7, 11) is 0. The molecule has 5 rings (SSSR count). The van der Waals surface area contributed by atoms with E-state index in [9.17, 15) is 4.79 Å². The molecule has 0 saturated heterocycles. The normalized spacial score (nSPS) is 35.7. The van der Waals surface area contributed by atoms with E-state index in [-0.39, 0.29) is 17.5 Å². The van der Waals surface area contributed by atoms with E-state index in [0.29, 0.717) is 34.7 Å². The van der Waals surface area contributed by atoms with Crippen molar-refractivity contribution in [2.24, 2.45) is 40.4 Å². The summed E-state index contributed by atoms with van der Waals surface area (Å²) in [4.78, 5) is 12.7. The molecule has 0 bridgehead atoms. The molecule has 1 aromatic carbocycles. The average Bonchev–Trinajstić information content (AvgIpc) is 3.25. The Morgan fingerprint density at radius 1 is 1.00 bits per heavy atom. The number of carbonyl (C=O) groups excluding carboxylic acids is 1. The largest absolute Gasteiger partial charge is 0.458 e. The molecule has 198 valence electrons. The number of fused-ring (bicyclic) bond motifs is 5. The minimum absolute atomic E-state index is 0.0140. The van der Waals surface area contributed by atoms with Crippen LogP contribution in [0.2, 0.25) is 0 Å². The molecule has 0 radical (unpaired) electrons. The van der Waals surface area contributed by atoms with Crippen molar-refractivity contribution >= 4 is 5.97 Å². The third kappa shape index (κ3) is 4.70. The van der Waals surface area contributed by atoms with Crippen molar-refractivity contribution < 1.29 is 9.53 Å². The van der Waals surface area contributed by atoms with Gasteiger partial charge in [0.25, 0.3) is 0 Å². The fourth-order valence-electron chi connectivity index (χ4n) is 8.37. The van der Waals surface area contributed by atoms with Crippen LogP contribution in [0.5, 0.6) is 0 Å². The van der Waals surface area contributed by atoms with Crippen molar-refractivity contribution in [1.29, 1.82) is 0 Å². The molecule has 2 heteroatoms. The van der Waals surface area contributed by atoms with Gasteiger partial charge in [-0.3, -0.25) is 0 Å². The van der Waals surface area contributed by atoms with Crippen molar-refractivity contribution in [3.05, 3.63) is 83.5 Å². The fourth-order valence-corrected chi connectivity index (χ4v) is 8.37. The third-order valence-corrected chi connectivity index (χ3v) is 10.9. The van der Waals surface area contributed by atoms with Crippen LogP contribution in [0.4, 0.5) is 0 Å². The Bertz CT molecular complexity index is 1120. The van der Waals surface area contributed by atoms with Crippen LogP contribution in [0.25, 0.3) is 0 Å². The van der Waals surface area contributed by atoms with Gasteiger partial charge in [-0.1, -0.05) is 100 Å². The molecule has 0 N–H and O–H groups in total. The predicted molar refractivity (Wildman–Crippen MR) is 153 cm³/mol. The molecule has 0 aromatic heterocycles.